The Morgan fingerprint density at radius 3 is 2.47 bits per heavy atom. The molecule has 0 unspecified atom stereocenters. The summed E-state index contributed by atoms with van der Waals surface area (Å²) < 4.78 is 6.52. The number of anilines is 2. The number of nitrogens with zero attached hydrogens (tertiary/aromatic N) is 1. The van der Waals surface area contributed by atoms with Gasteiger partial charge in [0.25, 0.3) is 11.8 Å². The molecular weight excluding hydrogens is 448 g/mol. The first-order valence-electron chi connectivity index (χ1n) is 9.12. The molecule has 8 heteroatoms. The lowest BCUT2D eigenvalue weighted by Crippen LogP contribution is -2.21. The van der Waals surface area contributed by atoms with E-state index < -0.39 is 5.91 Å². The molecule has 4 rings (SSSR count). The van der Waals surface area contributed by atoms with Crippen LogP contribution in [0, 0.1) is 0 Å². The van der Waals surface area contributed by atoms with Crippen LogP contribution in [-0.2, 0) is 4.79 Å². The molecule has 7 nitrogen and oxygen atoms in total. The van der Waals surface area contributed by atoms with Gasteiger partial charge in [0.05, 0.1) is 16.6 Å². The van der Waals surface area contributed by atoms with Crippen LogP contribution in [0.1, 0.15) is 10.4 Å². The fourth-order valence-corrected chi connectivity index (χ4v) is 3.10. The third-order valence-electron chi connectivity index (χ3n) is 4.24. The standard InChI is InChI=1S/C22H17BrN4O3/c23-14-9-11-15(12-10-14)24-20(28)13-30-19-8-4-1-5-16(19)21(29)27-22-25-17-6-2-3-7-18(17)26-22/h1-12H,13H2,(H,24,28)(H2,25,26,27,29). The number of imidazole rings is 1. The molecule has 150 valence electrons. The molecule has 0 fully saturated rings. The third kappa shape index (κ3) is 4.66. The van der Waals surface area contributed by atoms with E-state index in [2.05, 4.69) is 36.5 Å². The molecule has 0 bridgehead atoms. The fourth-order valence-electron chi connectivity index (χ4n) is 2.84. The topological polar surface area (TPSA) is 96.1 Å². The maximum atomic E-state index is 12.7. The Morgan fingerprint density at radius 2 is 1.67 bits per heavy atom. The molecular formula is C22H17BrN4O3. The minimum absolute atomic E-state index is 0.231. The average Bonchev–Trinajstić information content (AvgIpc) is 3.16. The smallest absolute Gasteiger partial charge is 0.262 e. The predicted octanol–water partition coefficient (Wildman–Crippen LogP) is 4.60. The van der Waals surface area contributed by atoms with Crippen LogP contribution in [0.15, 0.2) is 77.3 Å². The minimum atomic E-state index is -0.391. The second-order valence-electron chi connectivity index (χ2n) is 6.40. The molecule has 0 aliphatic heterocycles. The summed E-state index contributed by atoms with van der Waals surface area (Å²) in [6.07, 6.45) is 0. The van der Waals surface area contributed by atoms with Crippen LogP contribution in [0.5, 0.6) is 5.75 Å². The summed E-state index contributed by atoms with van der Waals surface area (Å²) in [5, 5.41) is 5.47. The second-order valence-corrected chi connectivity index (χ2v) is 7.31. The molecule has 30 heavy (non-hydrogen) atoms. The number of aromatic nitrogens is 2. The summed E-state index contributed by atoms with van der Waals surface area (Å²) in [4.78, 5) is 32.3. The zero-order valence-electron chi connectivity index (χ0n) is 15.7. The molecule has 3 aromatic carbocycles. The van der Waals surface area contributed by atoms with Gasteiger partial charge >= 0.3 is 0 Å². The molecule has 2 amide bonds. The van der Waals surface area contributed by atoms with E-state index in [4.69, 9.17) is 4.74 Å². The number of nitrogens with one attached hydrogen (secondary N) is 3. The van der Waals surface area contributed by atoms with Gasteiger partial charge in [0, 0.05) is 10.2 Å². The fraction of sp³-hybridized carbons (Fsp3) is 0.0455. The molecule has 0 aliphatic carbocycles. The summed E-state index contributed by atoms with van der Waals surface area (Å²) in [5.74, 6) is -0.0798. The normalized spacial score (nSPS) is 10.6. The number of ether oxygens (including phenoxy) is 1. The number of carbonyl (C=O) groups excluding carboxylic acids is 2. The highest BCUT2D eigenvalue weighted by atomic mass is 79.9. The summed E-state index contributed by atoms with van der Waals surface area (Å²) in [6.45, 7) is -0.231. The maximum Gasteiger partial charge on any atom is 0.262 e. The van der Waals surface area contributed by atoms with Crippen molar-refractivity contribution in [2.45, 2.75) is 0 Å². The highest BCUT2D eigenvalue weighted by molar-refractivity contribution is 9.10. The number of para-hydroxylation sites is 3. The van der Waals surface area contributed by atoms with Crippen LogP contribution in [0.4, 0.5) is 11.6 Å². The molecule has 0 atom stereocenters. The van der Waals surface area contributed by atoms with Crippen LogP contribution < -0.4 is 15.4 Å². The Kier molecular flexibility index (Phi) is 5.76. The molecule has 0 aliphatic rings. The SMILES string of the molecule is O=C(COc1ccccc1C(=O)Nc1nc2ccccc2[nH]1)Nc1ccc(Br)cc1. The van der Waals surface area contributed by atoms with Crippen LogP contribution >= 0.6 is 15.9 Å². The van der Waals surface area contributed by atoms with E-state index >= 15 is 0 Å². The van der Waals surface area contributed by atoms with Crippen molar-refractivity contribution in [1.29, 1.82) is 0 Å². The number of rotatable bonds is 6. The van der Waals surface area contributed by atoms with E-state index in [-0.39, 0.29) is 12.5 Å². The average molecular weight is 465 g/mol. The van der Waals surface area contributed by atoms with Gasteiger partial charge in [-0.15, -0.1) is 0 Å². The number of carbonyl (C=O) groups is 2. The first-order chi connectivity index (χ1) is 14.6. The van der Waals surface area contributed by atoms with E-state index in [9.17, 15) is 9.59 Å². The van der Waals surface area contributed by atoms with Crippen molar-refractivity contribution < 1.29 is 14.3 Å². The van der Waals surface area contributed by atoms with E-state index in [1.54, 1.807) is 36.4 Å². The number of fused-ring (bicyclic) bond motifs is 1. The highest BCUT2D eigenvalue weighted by Gasteiger charge is 2.15. The summed E-state index contributed by atoms with van der Waals surface area (Å²) in [6, 6.07) is 21.4. The van der Waals surface area contributed by atoms with Crippen molar-refractivity contribution in [3.05, 3.63) is 82.8 Å². The van der Waals surface area contributed by atoms with Crippen LogP contribution in [0.25, 0.3) is 11.0 Å². The minimum Gasteiger partial charge on any atom is -0.483 e. The second kappa shape index (κ2) is 8.79. The van der Waals surface area contributed by atoms with Gasteiger partial charge in [-0.3, -0.25) is 14.9 Å². The monoisotopic (exact) mass is 464 g/mol. The number of H-pyrrole nitrogens is 1. The highest BCUT2D eigenvalue weighted by Crippen LogP contribution is 2.21. The molecule has 3 N–H and O–H groups in total. The van der Waals surface area contributed by atoms with Gasteiger partial charge in [-0.05, 0) is 48.5 Å². The van der Waals surface area contributed by atoms with E-state index in [1.807, 2.05) is 36.4 Å². The summed E-state index contributed by atoms with van der Waals surface area (Å²) in [5.41, 5.74) is 2.53. The molecule has 0 spiro atoms. The van der Waals surface area contributed by atoms with Gasteiger partial charge in [-0.2, -0.15) is 0 Å². The molecule has 1 heterocycles. The van der Waals surface area contributed by atoms with Crippen LogP contribution in [-0.4, -0.2) is 28.4 Å². The Morgan fingerprint density at radius 1 is 0.933 bits per heavy atom. The lowest BCUT2D eigenvalue weighted by Gasteiger charge is -2.11. The zero-order chi connectivity index (χ0) is 20.9. The van der Waals surface area contributed by atoms with Crippen LogP contribution in [0.2, 0.25) is 0 Å². The third-order valence-corrected chi connectivity index (χ3v) is 4.77. The number of halogens is 1. The Balaban J connectivity index is 1.42. The Bertz CT molecular complexity index is 1170. The largest absolute Gasteiger partial charge is 0.483 e. The number of amides is 2. The Hall–Kier alpha value is -3.65. The van der Waals surface area contributed by atoms with Gasteiger partial charge in [-0.25, -0.2) is 4.98 Å². The van der Waals surface area contributed by atoms with E-state index in [1.165, 1.54) is 0 Å². The maximum absolute atomic E-state index is 12.7. The number of benzene rings is 3. The molecule has 0 radical (unpaired) electrons. The zero-order valence-corrected chi connectivity index (χ0v) is 17.3. The number of hydrogen-bond acceptors (Lipinski definition) is 4. The quantitative estimate of drug-likeness (QED) is 0.388. The Labute approximate surface area is 180 Å². The summed E-state index contributed by atoms with van der Waals surface area (Å²) >= 11 is 3.35. The van der Waals surface area contributed by atoms with Crippen LogP contribution in [0.3, 0.4) is 0 Å². The first-order valence-corrected chi connectivity index (χ1v) is 9.91. The van der Waals surface area contributed by atoms with Crippen molar-refractivity contribution in [1.82, 2.24) is 9.97 Å². The van der Waals surface area contributed by atoms with E-state index in [0.29, 0.717) is 22.9 Å². The van der Waals surface area contributed by atoms with Gasteiger partial charge in [0.15, 0.2) is 6.61 Å². The number of hydrogen-bond donors (Lipinski definition) is 3. The molecule has 1 aromatic heterocycles. The van der Waals surface area contributed by atoms with Crippen molar-refractivity contribution in [3.8, 4) is 5.75 Å². The van der Waals surface area contributed by atoms with Crippen molar-refractivity contribution in [2.75, 3.05) is 17.2 Å². The molecule has 0 saturated heterocycles. The van der Waals surface area contributed by atoms with Crippen molar-refractivity contribution in [3.63, 3.8) is 0 Å². The van der Waals surface area contributed by atoms with Gasteiger partial charge in [0.2, 0.25) is 5.95 Å². The predicted molar refractivity (Wildman–Crippen MR) is 119 cm³/mol. The lowest BCUT2D eigenvalue weighted by atomic mass is 10.2. The lowest BCUT2D eigenvalue weighted by molar-refractivity contribution is -0.118. The van der Waals surface area contributed by atoms with E-state index in [0.717, 1.165) is 15.5 Å². The summed E-state index contributed by atoms with van der Waals surface area (Å²) in [7, 11) is 0. The van der Waals surface area contributed by atoms with Gasteiger partial charge in [0.1, 0.15) is 5.75 Å². The molecule has 0 saturated carbocycles. The van der Waals surface area contributed by atoms with Gasteiger partial charge in [-0.1, -0.05) is 40.2 Å². The first kappa shape index (κ1) is 19.7. The van der Waals surface area contributed by atoms with Crippen molar-refractivity contribution >= 4 is 50.4 Å². The van der Waals surface area contributed by atoms with Gasteiger partial charge < -0.3 is 15.0 Å². The number of aromatic amines is 1. The molecule has 4 aromatic rings. The van der Waals surface area contributed by atoms with Crippen molar-refractivity contribution in [2.24, 2.45) is 0 Å².